The van der Waals surface area contributed by atoms with E-state index in [1.165, 1.54) is 18.4 Å². The van der Waals surface area contributed by atoms with E-state index in [2.05, 4.69) is 37.4 Å². The first-order valence-corrected chi connectivity index (χ1v) is 7.93. The molecular weight excluding hydrogens is 250 g/mol. The fourth-order valence-electron chi connectivity index (χ4n) is 2.77. The van der Waals surface area contributed by atoms with Gasteiger partial charge in [-0.1, -0.05) is 32.0 Å². The lowest BCUT2D eigenvalue weighted by atomic mass is 9.95. The van der Waals surface area contributed by atoms with Crippen molar-refractivity contribution in [1.82, 2.24) is 5.32 Å². The van der Waals surface area contributed by atoms with Crippen LogP contribution in [0.5, 0.6) is 5.75 Å². The Balaban J connectivity index is 2.18. The van der Waals surface area contributed by atoms with Crippen LogP contribution in [0.15, 0.2) is 24.3 Å². The zero-order valence-electron chi connectivity index (χ0n) is 12.7. The molecule has 0 radical (unpaired) electrons. The molecule has 1 aromatic carbocycles. The third kappa shape index (κ3) is 3.97. The standard InChI is InChI=1S/C17H27NO2/c1-3-12-19-15-10-6-5-9-14(15)17(18-4-2)16-11-7-8-13-20-16/h5-6,9-10,16-18H,3-4,7-8,11-13H2,1-2H3. The van der Waals surface area contributed by atoms with Gasteiger partial charge in [-0.2, -0.15) is 0 Å². The molecule has 1 aliphatic rings. The molecule has 1 heterocycles. The van der Waals surface area contributed by atoms with Gasteiger partial charge in [0, 0.05) is 12.2 Å². The molecule has 0 amide bonds. The van der Waals surface area contributed by atoms with Crippen molar-refractivity contribution in [3.05, 3.63) is 29.8 Å². The number of hydrogen-bond acceptors (Lipinski definition) is 3. The van der Waals surface area contributed by atoms with E-state index >= 15 is 0 Å². The summed E-state index contributed by atoms with van der Waals surface area (Å²) < 4.78 is 11.9. The minimum absolute atomic E-state index is 0.230. The van der Waals surface area contributed by atoms with Gasteiger partial charge >= 0.3 is 0 Å². The second kappa shape index (κ2) is 8.28. The highest BCUT2D eigenvalue weighted by Gasteiger charge is 2.27. The molecule has 20 heavy (non-hydrogen) atoms. The van der Waals surface area contributed by atoms with E-state index in [4.69, 9.17) is 9.47 Å². The number of likely N-dealkylation sites (N-methyl/N-ethyl adjacent to an activating group) is 1. The molecule has 2 rings (SSSR count). The molecule has 2 atom stereocenters. The average molecular weight is 277 g/mol. The van der Waals surface area contributed by atoms with Crippen LogP contribution in [-0.4, -0.2) is 25.9 Å². The number of benzene rings is 1. The minimum atomic E-state index is 0.230. The highest BCUT2D eigenvalue weighted by molar-refractivity contribution is 5.36. The number of hydrogen-bond donors (Lipinski definition) is 1. The molecule has 3 nitrogen and oxygen atoms in total. The maximum absolute atomic E-state index is 5.99. The van der Waals surface area contributed by atoms with Gasteiger partial charge in [-0.25, -0.2) is 0 Å². The Morgan fingerprint density at radius 1 is 1.30 bits per heavy atom. The van der Waals surface area contributed by atoms with E-state index in [0.29, 0.717) is 0 Å². The molecule has 1 aromatic rings. The number of ether oxygens (including phenoxy) is 2. The lowest BCUT2D eigenvalue weighted by Crippen LogP contribution is -2.36. The first-order valence-electron chi connectivity index (χ1n) is 7.93. The van der Waals surface area contributed by atoms with Crippen LogP contribution in [-0.2, 0) is 4.74 Å². The number of rotatable bonds is 7. The van der Waals surface area contributed by atoms with Crippen molar-refractivity contribution in [1.29, 1.82) is 0 Å². The third-order valence-electron chi connectivity index (χ3n) is 3.73. The molecular formula is C17H27NO2. The van der Waals surface area contributed by atoms with E-state index in [0.717, 1.165) is 38.3 Å². The summed E-state index contributed by atoms with van der Waals surface area (Å²) in [5, 5.41) is 3.58. The predicted octanol–water partition coefficient (Wildman–Crippen LogP) is 3.70. The van der Waals surface area contributed by atoms with Gasteiger partial charge in [-0.05, 0) is 38.3 Å². The highest BCUT2D eigenvalue weighted by atomic mass is 16.5. The van der Waals surface area contributed by atoms with Crippen molar-refractivity contribution >= 4 is 0 Å². The summed E-state index contributed by atoms with van der Waals surface area (Å²) in [6.07, 6.45) is 4.85. The Hall–Kier alpha value is -1.06. The zero-order chi connectivity index (χ0) is 14.2. The number of para-hydroxylation sites is 1. The maximum Gasteiger partial charge on any atom is 0.124 e. The Labute approximate surface area is 122 Å². The van der Waals surface area contributed by atoms with Crippen molar-refractivity contribution in [2.45, 2.75) is 51.7 Å². The van der Waals surface area contributed by atoms with Gasteiger partial charge in [-0.3, -0.25) is 0 Å². The molecule has 0 bridgehead atoms. The Kier molecular flexibility index (Phi) is 6.34. The van der Waals surface area contributed by atoms with Crippen LogP contribution < -0.4 is 10.1 Å². The summed E-state index contributed by atoms with van der Waals surface area (Å²) in [7, 11) is 0. The maximum atomic E-state index is 5.99. The van der Waals surface area contributed by atoms with Gasteiger partial charge in [0.15, 0.2) is 0 Å². The van der Waals surface area contributed by atoms with Gasteiger partial charge in [-0.15, -0.1) is 0 Å². The second-order valence-corrected chi connectivity index (χ2v) is 5.33. The summed E-state index contributed by atoms with van der Waals surface area (Å²) >= 11 is 0. The predicted molar refractivity (Wildman–Crippen MR) is 82.2 cm³/mol. The summed E-state index contributed by atoms with van der Waals surface area (Å²) in [4.78, 5) is 0. The third-order valence-corrected chi connectivity index (χ3v) is 3.73. The van der Waals surface area contributed by atoms with Crippen LogP contribution >= 0.6 is 0 Å². The molecule has 3 heteroatoms. The lowest BCUT2D eigenvalue weighted by molar-refractivity contribution is -0.00840. The lowest BCUT2D eigenvalue weighted by Gasteiger charge is -2.32. The summed E-state index contributed by atoms with van der Waals surface area (Å²) in [5.41, 5.74) is 1.23. The van der Waals surface area contributed by atoms with Crippen LogP contribution in [0.25, 0.3) is 0 Å². The fourth-order valence-corrected chi connectivity index (χ4v) is 2.77. The van der Waals surface area contributed by atoms with E-state index in [1.807, 2.05) is 6.07 Å². The van der Waals surface area contributed by atoms with Gasteiger partial charge < -0.3 is 14.8 Å². The van der Waals surface area contributed by atoms with E-state index in [9.17, 15) is 0 Å². The van der Waals surface area contributed by atoms with Crippen LogP contribution in [0.2, 0.25) is 0 Å². The quantitative estimate of drug-likeness (QED) is 0.824. The Morgan fingerprint density at radius 2 is 2.15 bits per heavy atom. The van der Waals surface area contributed by atoms with Gasteiger partial charge in [0.1, 0.15) is 5.75 Å². The van der Waals surface area contributed by atoms with Crippen molar-refractivity contribution in [2.24, 2.45) is 0 Å². The van der Waals surface area contributed by atoms with E-state index in [1.54, 1.807) is 0 Å². The van der Waals surface area contributed by atoms with Crippen molar-refractivity contribution < 1.29 is 9.47 Å². The molecule has 0 spiro atoms. The Morgan fingerprint density at radius 3 is 2.85 bits per heavy atom. The van der Waals surface area contributed by atoms with Gasteiger partial charge in [0.05, 0.1) is 18.8 Å². The molecule has 1 N–H and O–H groups in total. The topological polar surface area (TPSA) is 30.5 Å². The van der Waals surface area contributed by atoms with Crippen LogP contribution in [0.1, 0.15) is 51.1 Å². The fraction of sp³-hybridized carbons (Fsp3) is 0.647. The highest BCUT2D eigenvalue weighted by Crippen LogP contribution is 2.32. The molecule has 2 unspecified atom stereocenters. The summed E-state index contributed by atoms with van der Waals surface area (Å²) in [5.74, 6) is 0.995. The molecule has 1 aliphatic heterocycles. The molecule has 112 valence electrons. The zero-order valence-corrected chi connectivity index (χ0v) is 12.7. The van der Waals surface area contributed by atoms with Crippen molar-refractivity contribution in [3.63, 3.8) is 0 Å². The molecule has 1 fully saturated rings. The van der Waals surface area contributed by atoms with Gasteiger partial charge in [0.25, 0.3) is 0 Å². The Bertz CT molecular complexity index is 388. The SMILES string of the molecule is CCCOc1ccccc1C(NCC)C1CCCCO1. The largest absolute Gasteiger partial charge is 0.493 e. The first kappa shape index (κ1) is 15.3. The molecule has 1 saturated heterocycles. The van der Waals surface area contributed by atoms with Crippen molar-refractivity contribution in [3.8, 4) is 5.75 Å². The first-order chi connectivity index (χ1) is 9.86. The van der Waals surface area contributed by atoms with Crippen LogP contribution in [0.4, 0.5) is 0 Å². The smallest absolute Gasteiger partial charge is 0.124 e. The van der Waals surface area contributed by atoms with Crippen LogP contribution in [0.3, 0.4) is 0 Å². The second-order valence-electron chi connectivity index (χ2n) is 5.33. The average Bonchev–Trinajstić information content (AvgIpc) is 2.52. The molecule has 0 aliphatic carbocycles. The molecule has 0 aromatic heterocycles. The number of nitrogens with one attached hydrogen (secondary N) is 1. The monoisotopic (exact) mass is 277 g/mol. The normalized spacial score (nSPS) is 20.6. The van der Waals surface area contributed by atoms with Crippen molar-refractivity contribution in [2.75, 3.05) is 19.8 Å². The summed E-state index contributed by atoms with van der Waals surface area (Å²) in [6, 6.07) is 8.59. The van der Waals surface area contributed by atoms with Gasteiger partial charge in [0.2, 0.25) is 0 Å². The molecule has 0 saturated carbocycles. The summed E-state index contributed by atoms with van der Waals surface area (Å²) in [6.45, 7) is 6.86. The van der Waals surface area contributed by atoms with E-state index in [-0.39, 0.29) is 12.1 Å². The minimum Gasteiger partial charge on any atom is -0.493 e. The van der Waals surface area contributed by atoms with Crippen LogP contribution in [0, 0.1) is 0 Å². The van der Waals surface area contributed by atoms with E-state index < -0.39 is 0 Å².